The topological polar surface area (TPSA) is 0 Å². The van der Waals surface area contributed by atoms with Gasteiger partial charge in [-0.15, -0.1) is 0 Å². The van der Waals surface area contributed by atoms with Gasteiger partial charge in [-0.3, -0.25) is 0 Å². The summed E-state index contributed by atoms with van der Waals surface area (Å²) < 4.78 is 14.4. The van der Waals surface area contributed by atoms with Gasteiger partial charge < -0.3 is 0 Å². The Kier molecular flexibility index (Phi) is 4.34. The quantitative estimate of drug-likeness (QED) is 0.634. The third-order valence-corrected chi connectivity index (χ3v) is 5.89. The van der Waals surface area contributed by atoms with Crippen molar-refractivity contribution in [1.82, 2.24) is 0 Å². The summed E-state index contributed by atoms with van der Waals surface area (Å²) in [6, 6.07) is 25.0. The van der Waals surface area contributed by atoms with Crippen LogP contribution in [0, 0.1) is 5.82 Å². The first-order valence-electron chi connectivity index (χ1n) is 6.61. The van der Waals surface area contributed by atoms with E-state index in [2.05, 4.69) is 0 Å². The second-order valence-electron chi connectivity index (χ2n) is 4.60. The lowest BCUT2D eigenvalue weighted by Gasteiger charge is -2.19. The average molecular weight is 315 g/mol. The summed E-state index contributed by atoms with van der Waals surface area (Å²) in [5.74, 6) is -0.249. The highest BCUT2D eigenvalue weighted by Crippen LogP contribution is 2.34. The zero-order valence-corrected chi connectivity index (χ0v) is 12.9. The molecule has 3 aromatic rings. The molecule has 0 N–H and O–H groups in total. The maximum atomic E-state index is 14.4. The maximum absolute atomic E-state index is 14.4. The minimum atomic E-state index is -0.913. The first-order valence-corrected chi connectivity index (χ1v) is 8.33. The van der Waals surface area contributed by atoms with Crippen LogP contribution < -0.4 is 15.9 Å². The summed E-state index contributed by atoms with van der Waals surface area (Å²) in [7, 11) is -0.913. The molecule has 0 unspecified atom stereocenters. The lowest BCUT2D eigenvalue weighted by molar-refractivity contribution is 0.636. The van der Waals surface area contributed by atoms with E-state index in [9.17, 15) is 4.39 Å². The lowest BCUT2D eigenvalue weighted by atomic mass is 10.3. The molecule has 0 nitrogen and oxygen atoms in total. The van der Waals surface area contributed by atoms with Gasteiger partial charge in [0.2, 0.25) is 0 Å². The van der Waals surface area contributed by atoms with Gasteiger partial charge in [-0.05, 0) is 36.7 Å². The van der Waals surface area contributed by atoms with Gasteiger partial charge in [-0.25, -0.2) is 4.39 Å². The summed E-state index contributed by atoms with van der Waals surface area (Å²) in [5.41, 5.74) is 0. The molecule has 0 fully saturated rings. The zero-order chi connectivity index (χ0) is 14.7. The molecule has 0 radical (unpaired) electrons. The minimum absolute atomic E-state index is 0.249. The predicted molar refractivity (Wildman–Crippen MR) is 90.1 cm³/mol. The number of halogens is 2. The number of benzene rings is 3. The van der Waals surface area contributed by atoms with Crippen LogP contribution in [0.4, 0.5) is 4.39 Å². The minimum Gasteiger partial charge on any atom is -0.206 e. The molecule has 0 aromatic heterocycles. The normalized spacial score (nSPS) is 10.8. The number of hydrogen-bond acceptors (Lipinski definition) is 0. The van der Waals surface area contributed by atoms with Crippen LogP contribution in [-0.2, 0) is 0 Å². The number of hydrogen-bond donors (Lipinski definition) is 0. The van der Waals surface area contributed by atoms with Crippen LogP contribution >= 0.6 is 19.5 Å². The molecular formula is C18H13ClFP. The van der Waals surface area contributed by atoms with Crippen molar-refractivity contribution < 1.29 is 4.39 Å². The molecule has 3 rings (SSSR count). The lowest BCUT2D eigenvalue weighted by Crippen LogP contribution is -2.22. The largest absolute Gasteiger partial charge is 0.206 e. The highest BCUT2D eigenvalue weighted by molar-refractivity contribution is 7.79. The molecule has 3 aromatic carbocycles. The average Bonchev–Trinajstić information content (AvgIpc) is 2.52. The molecule has 104 valence electrons. The summed E-state index contributed by atoms with van der Waals surface area (Å²) in [5, 5.41) is 3.37. The Hall–Kier alpha value is -1.69. The SMILES string of the molecule is Fc1cc(Cl)ccc1P(c1ccccc1)c1ccccc1. The fraction of sp³-hybridized carbons (Fsp3) is 0. The molecule has 0 aliphatic heterocycles. The van der Waals surface area contributed by atoms with Crippen molar-refractivity contribution in [3.8, 4) is 0 Å². The second kappa shape index (κ2) is 6.39. The Morgan fingerprint density at radius 3 is 1.71 bits per heavy atom. The van der Waals surface area contributed by atoms with Gasteiger partial charge >= 0.3 is 0 Å². The fourth-order valence-electron chi connectivity index (χ4n) is 2.24. The molecule has 0 spiro atoms. The van der Waals surface area contributed by atoms with E-state index in [1.165, 1.54) is 6.07 Å². The van der Waals surface area contributed by atoms with E-state index >= 15 is 0 Å². The summed E-state index contributed by atoms with van der Waals surface area (Å²) >= 11 is 5.88. The van der Waals surface area contributed by atoms with Crippen LogP contribution in [0.1, 0.15) is 0 Å². The Morgan fingerprint density at radius 1 is 0.714 bits per heavy atom. The van der Waals surface area contributed by atoms with Crippen LogP contribution in [0.25, 0.3) is 0 Å². The summed E-state index contributed by atoms with van der Waals surface area (Å²) in [6.45, 7) is 0. The fourth-order valence-corrected chi connectivity index (χ4v) is 4.70. The van der Waals surface area contributed by atoms with Crippen LogP contribution in [0.2, 0.25) is 5.02 Å². The summed E-state index contributed by atoms with van der Waals surface area (Å²) in [4.78, 5) is 0. The highest BCUT2D eigenvalue weighted by Gasteiger charge is 2.19. The molecule has 0 saturated heterocycles. The van der Waals surface area contributed by atoms with Gasteiger partial charge in [0.1, 0.15) is 5.82 Å². The van der Waals surface area contributed by atoms with Crippen LogP contribution in [0.3, 0.4) is 0 Å². The van der Waals surface area contributed by atoms with Crippen LogP contribution in [0.15, 0.2) is 78.9 Å². The number of rotatable bonds is 3. The van der Waals surface area contributed by atoms with Crippen molar-refractivity contribution in [3.63, 3.8) is 0 Å². The molecule has 3 heteroatoms. The smallest absolute Gasteiger partial charge is 0.133 e. The van der Waals surface area contributed by atoms with E-state index in [0.717, 1.165) is 10.6 Å². The maximum Gasteiger partial charge on any atom is 0.133 e. The first-order chi connectivity index (χ1) is 10.3. The van der Waals surface area contributed by atoms with Gasteiger partial charge in [0.15, 0.2) is 0 Å². The van der Waals surface area contributed by atoms with E-state index in [0.29, 0.717) is 10.3 Å². The Morgan fingerprint density at radius 2 is 1.24 bits per heavy atom. The van der Waals surface area contributed by atoms with Crippen molar-refractivity contribution in [2.45, 2.75) is 0 Å². The highest BCUT2D eigenvalue weighted by atomic mass is 35.5. The van der Waals surface area contributed by atoms with Gasteiger partial charge in [0.05, 0.1) is 0 Å². The van der Waals surface area contributed by atoms with Gasteiger partial charge in [-0.2, -0.15) is 0 Å². The Bertz CT molecular complexity index is 689. The molecule has 0 saturated carbocycles. The van der Waals surface area contributed by atoms with E-state index < -0.39 is 7.92 Å². The zero-order valence-electron chi connectivity index (χ0n) is 11.2. The van der Waals surface area contributed by atoms with Gasteiger partial charge in [0, 0.05) is 10.3 Å². The van der Waals surface area contributed by atoms with Crippen molar-refractivity contribution in [3.05, 3.63) is 89.7 Å². The van der Waals surface area contributed by atoms with Crippen molar-refractivity contribution in [1.29, 1.82) is 0 Å². The first kappa shape index (κ1) is 14.3. The van der Waals surface area contributed by atoms with Gasteiger partial charge in [0.25, 0.3) is 0 Å². The molecular weight excluding hydrogens is 302 g/mol. The van der Waals surface area contributed by atoms with Crippen molar-refractivity contribution in [2.24, 2.45) is 0 Å². The Labute approximate surface area is 130 Å². The van der Waals surface area contributed by atoms with E-state index in [4.69, 9.17) is 11.6 Å². The molecule has 0 aliphatic rings. The molecule has 0 heterocycles. The molecule has 0 bridgehead atoms. The molecule has 21 heavy (non-hydrogen) atoms. The van der Waals surface area contributed by atoms with Crippen LogP contribution in [0.5, 0.6) is 0 Å². The van der Waals surface area contributed by atoms with Gasteiger partial charge in [-0.1, -0.05) is 72.3 Å². The second-order valence-corrected chi connectivity index (χ2v) is 7.22. The van der Waals surface area contributed by atoms with Crippen LogP contribution in [-0.4, -0.2) is 0 Å². The standard InChI is InChI=1S/C18H13ClFP/c19-14-11-12-18(17(20)13-14)21(15-7-3-1-4-8-15)16-9-5-2-6-10-16/h1-13H. The van der Waals surface area contributed by atoms with Crippen molar-refractivity contribution in [2.75, 3.05) is 0 Å². The molecule has 0 atom stereocenters. The monoisotopic (exact) mass is 314 g/mol. The van der Waals surface area contributed by atoms with E-state index in [1.807, 2.05) is 60.7 Å². The molecule has 0 aliphatic carbocycles. The predicted octanol–water partition coefficient (Wildman–Crippen LogP) is 4.24. The Balaban J connectivity index is 2.17. The van der Waals surface area contributed by atoms with E-state index in [-0.39, 0.29) is 5.82 Å². The summed E-state index contributed by atoms with van der Waals surface area (Å²) in [6.07, 6.45) is 0. The third-order valence-electron chi connectivity index (χ3n) is 3.18. The third kappa shape index (κ3) is 3.15. The van der Waals surface area contributed by atoms with Crippen molar-refractivity contribution >= 4 is 35.4 Å². The molecule has 0 amide bonds. The van der Waals surface area contributed by atoms with E-state index in [1.54, 1.807) is 12.1 Å².